The zero-order valence-electron chi connectivity index (χ0n) is 15.8. The van der Waals surface area contributed by atoms with Crippen LogP contribution in [0.25, 0.3) is 0 Å². The number of rotatable bonds is 5. The lowest BCUT2D eigenvalue weighted by Crippen LogP contribution is -2.23. The van der Waals surface area contributed by atoms with Gasteiger partial charge in [0.2, 0.25) is 0 Å². The van der Waals surface area contributed by atoms with E-state index in [-0.39, 0.29) is 28.4 Å². The van der Waals surface area contributed by atoms with Crippen molar-refractivity contribution in [3.8, 4) is 0 Å². The van der Waals surface area contributed by atoms with Crippen LogP contribution < -0.4 is 5.32 Å². The first-order valence-corrected chi connectivity index (χ1v) is 12.4. The monoisotopic (exact) mass is 421 g/mol. The number of carbonyl (C=O) groups is 1. The third-order valence-electron chi connectivity index (χ3n) is 4.89. The van der Waals surface area contributed by atoms with Gasteiger partial charge in [-0.15, -0.1) is 0 Å². The van der Waals surface area contributed by atoms with E-state index < -0.39 is 30.8 Å². The molecule has 0 aliphatic carbocycles. The Morgan fingerprint density at radius 3 is 2.36 bits per heavy atom. The minimum atomic E-state index is -3.81. The molecule has 1 saturated heterocycles. The Morgan fingerprint density at radius 2 is 1.79 bits per heavy atom. The van der Waals surface area contributed by atoms with E-state index in [2.05, 4.69) is 19.2 Å². The molecule has 6 nitrogen and oxygen atoms in total. The van der Waals surface area contributed by atoms with Gasteiger partial charge in [0.05, 0.1) is 21.7 Å². The van der Waals surface area contributed by atoms with E-state index in [9.17, 15) is 21.6 Å². The molecular formula is C20H23NO5S2. The standard InChI is InChI=1S/C20H23NO5S2/c1-14(2)15-6-8-17(9-7-15)21-20(22)16-4-3-5-18(12-16)28(25,26)19-10-11-27(23,24)13-19/h3-9,12,14,19H,10-11,13H2,1-2H3,(H,21,22). The van der Waals surface area contributed by atoms with Crippen LogP contribution in [0.1, 0.15) is 42.1 Å². The summed E-state index contributed by atoms with van der Waals surface area (Å²) >= 11 is 0. The Hall–Kier alpha value is -2.19. The van der Waals surface area contributed by atoms with Gasteiger partial charge < -0.3 is 5.32 Å². The molecule has 28 heavy (non-hydrogen) atoms. The Kier molecular flexibility index (Phi) is 5.63. The average Bonchev–Trinajstić information content (AvgIpc) is 3.03. The molecule has 1 N–H and O–H groups in total. The van der Waals surface area contributed by atoms with Crippen LogP contribution in [0.2, 0.25) is 0 Å². The Bertz CT molecular complexity index is 1090. The first-order chi connectivity index (χ1) is 13.1. The predicted molar refractivity (Wildman–Crippen MR) is 109 cm³/mol. The second-order valence-electron chi connectivity index (χ2n) is 7.33. The van der Waals surface area contributed by atoms with E-state index in [0.29, 0.717) is 11.6 Å². The number of amides is 1. The number of carbonyl (C=O) groups excluding carboxylic acids is 1. The molecule has 0 spiro atoms. The summed E-state index contributed by atoms with van der Waals surface area (Å²) in [6, 6.07) is 13.2. The second-order valence-corrected chi connectivity index (χ2v) is 11.8. The molecule has 1 unspecified atom stereocenters. The number of hydrogen-bond donors (Lipinski definition) is 1. The van der Waals surface area contributed by atoms with Gasteiger partial charge in [0.1, 0.15) is 0 Å². The Morgan fingerprint density at radius 1 is 1.11 bits per heavy atom. The maximum absolute atomic E-state index is 12.8. The molecule has 150 valence electrons. The lowest BCUT2D eigenvalue weighted by Gasteiger charge is -2.12. The Labute approximate surface area is 165 Å². The molecule has 1 heterocycles. The summed E-state index contributed by atoms with van der Waals surface area (Å²) in [6.45, 7) is 4.16. The van der Waals surface area contributed by atoms with Crippen molar-refractivity contribution in [2.24, 2.45) is 0 Å². The van der Waals surface area contributed by atoms with Gasteiger partial charge in [-0.25, -0.2) is 16.8 Å². The van der Waals surface area contributed by atoms with Gasteiger partial charge in [0, 0.05) is 11.3 Å². The van der Waals surface area contributed by atoms with Crippen molar-refractivity contribution in [2.75, 3.05) is 16.8 Å². The highest BCUT2D eigenvalue weighted by molar-refractivity contribution is 7.96. The third kappa shape index (κ3) is 4.44. The van der Waals surface area contributed by atoms with Crippen molar-refractivity contribution in [1.29, 1.82) is 0 Å². The molecule has 1 amide bonds. The van der Waals surface area contributed by atoms with Crippen molar-refractivity contribution < 1.29 is 21.6 Å². The molecule has 0 bridgehead atoms. The normalized spacial score (nSPS) is 18.9. The fourth-order valence-electron chi connectivity index (χ4n) is 3.17. The lowest BCUT2D eigenvalue weighted by atomic mass is 10.0. The van der Waals surface area contributed by atoms with Gasteiger partial charge in [-0.3, -0.25) is 4.79 Å². The topological polar surface area (TPSA) is 97.4 Å². The molecule has 2 aromatic rings. The summed E-state index contributed by atoms with van der Waals surface area (Å²) in [5.41, 5.74) is 1.97. The summed E-state index contributed by atoms with van der Waals surface area (Å²) in [6.07, 6.45) is 0.0866. The first-order valence-electron chi connectivity index (χ1n) is 9.04. The molecule has 2 aromatic carbocycles. The van der Waals surface area contributed by atoms with Crippen molar-refractivity contribution in [3.63, 3.8) is 0 Å². The molecule has 0 aromatic heterocycles. The maximum atomic E-state index is 12.8. The highest BCUT2D eigenvalue weighted by Crippen LogP contribution is 2.26. The fraction of sp³-hybridized carbons (Fsp3) is 0.350. The summed E-state index contributed by atoms with van der Waals surface area (Å²) < 4.78 is 48.8. The summed E-state index contributed by atoms with van der Waals surface area (Å²) in [5, 5.41) is 1.80. The quantitative estimate of drug-likeness (QED) is 0.800. The van der Waals surface area contributed by atoms with E-state index >= 15 is 0 Å². The van der Waals surface area contributed by atoms with E-state index in [1.165, 1.54) is 24.3 Å². The highest BCUT2D eigenvalue weighted by Gasteiger charge is 2.38. The number of nitrogens with one attached hydrogen (secondary N) is 1. The van der Waals surface area contributed by atoms with E-state index in [0.717, 1.165) is 5.56 Å². The van der Waals surface area contributed by atoms with Crippen LogP contribution in [0.3, 0.4) is 0 Å². The summed E-state index contributed by atoms with van der Waals surface area (Å²) in [7, 11) is -7.13. The molecule has 1 aliphatic rings. The van der Waals surface area contributed by atoms with Gasteiger partial charge in [-0.1, -0.05) is 32.0 Å². The number of anilines is 1. The van der Waals surface area contributed by atoms with Crippen LogP contribution in [0, 0.1) is 0 Å². The summed E-state index contributed by atoms with van der Waals surface area (Å²) in [5.74, 6) is -0.531. The van der Waals surface area contributed by atoms with Gasteiger partial charge in [0.15, 0.2) is 19.7 Å². The van der Waals surface area contributed by atoms with Crippen LogP contribution >= 0.6 is 0 Å². The Balaban J connectivity index is 1.80. The van der Waals surface area contributed by atoms with Gasteiger partial charge in [-0.2, -0.15) is 0 Å². The first kappa shape index (κ1) is 20.5. The van der Waals surface area contributed by atoms with E-state index in [1.807, 2.05) is 12.1 Å². The molecule has 0 saturated carbocycles. The van der Waals surface area contributed by atoms with Gasteiger partial charge in [-0.05, 0) is 48.2 Å². The SMILES string of the molecule is CC(C)c1ccc(NC(=O)c2cccc(S(=O)(=O)C3CCS(=O)(=O)C3)c2)cc1. The van der Waals surface area contributed by atoms with Crippen molar-refractivity contribution in [3.05, 3.63) is 59.7 Å². The molecule has 1 fully saturated rings. The van der Waals surface area contributed by atoms with Gasteiger partial charge >= 0.3 is 0 Å². The number of benzene rings is 2. The highest BCUT2D eigenvalue weighted by atomic mass is 32.2. The molecule has 3 rings (SSSR count). The van der Waals surface area contributed by atoms with Crippen LogP contribution in [0.4, 0.5) is 5.69 Å². The molecular weight excluding hydrogens is 398 g/mol. The average molecular weight is 422 g/mol. The largest absolute Gasteiger partial charge is 0.322 e. The van der Waals surface area contributed by atoms with Crippen LogP contribution in [-0.2, 0) is 19.7 Å². The zero-order valence-corrected chi connectivity index (χ0v) is 17.4. The minimum absolute atomic E-state index is 0.0302. The summed E-state index contributed by atoms with van der Waals surface area (Å²) in [4.78, 5) is 12.5. The second kappa shape index (κ2) is 7.67. The van der Waals surface area contributed by atoms with Crippen molar-refractivity contribution >= 4 is 31.3 Å². The molecule has 8 heteroatoms. The van der Waals surface area contributed by atoms with Crippen LogP contribution in [-0.4, -0.2) is 39.5 Å². The van der Waals surface area contributed by atoms with Crippen molar-refractivity contribution in [2.45, 2.75) is 36.3 Å². The van der Waals surface area contributed by atoms with Crippen LogP contribution in [0.5, 0.6) is 0 Å². The minimum Gasteiger partial charge on any atom is -0.322 e. The number of hydrogen-bond acceptors (Lipinski definition) is 5. The lowest BCUT2D eigenvalue weighted by molar-refractivity contribution is 0.102. The van der Waals surface area contributed by atoms with Crippen molar-refractivity contribution in [1.82, 2.24) is 0 Å². The molecule has 0 radical (unpaired) electrons. The van der Waals surface area contributed by atoms with E-state index in [1.54, 1.807) is 12.1 Å². The third-order valence-corrected chi connectivity index (χ3v) is 9.06. The zero-order chi connectivity index (χ0) is 20.5. The number of sulfone groups is 2. The fourth-order valence-corrected chi connectivity index (χ4v) is 7.57. The van der Waals surface area contributed by atoms with Crippen LogP contribution in [0.15, 0.2) is 53.4 Å². The molecule has 1 atom stereocenters. The maximum Gasteiger partial charge on any atom is 0.255 e. The molecule has 1 aliphatic heterocycles. The predicted octanol–water partition coefficient (Wildman–Crippen LogP) is 3.02. The van der Waals surface area contributed by atoms with E-state index in [4.69, 9.17) is 0 Å². The smallest absolute Gasteiger partial charge is 0.255 e. The van der Waals surface area contributed by atoms with Gasteiger partial charge in [0.25, 0.3) is 5.91 Å².